The van der Waals surface area contributed by atoms with Gasteiger partial charge in [-0.2, -0.15) is 5.10 Å². The van der Waals surface area contributed by atoms with Crippen LogP contribution in [0.2, 0.25) is 0 Å². The zero-order valence-corrected chi connectivity index (χ0v) is 23.9. The van der Waals surface area contributed by atoms with Crippen molar-refractivity contribution in [3.63, 3.8) is 0 Å². The predicted octanol–water partition coefficient (Wildman–Crippen LogP) is 5.72. The molecule has 10 heteroatoms. The standard InChI is InChI=1S/C32H25BrN4O5/c1-21-11-15-25(16-12-21)35-30(39)26-9-5-6-10-27(26)36-31(40)32(41)37-34-20-23-19-24(33)14-17-28(23)42-29(38)18-13-22-7-3-2-4-8-22/h2-20H,1H3,(H,35,39)(H,36,40)(H,37,41). The number of esters is 1. The van der Waals surface area contributed by atoms with Crippen molar-refractivity contribution >= 4 is 63.3 Å². The van der Waals surface area contributed by atoms with Gasteiger partial charge in [-0.1, -0.05) is 76.1 Å². The molecule has 0 fully saturated rings. The van der Waals surface area contributed by atoms with Gasteiger partial charge in [-0.25, -0.2) is 10.2 Å². The van der Waals surface area contributed by atoms with Crippen molar-refractivity contribution in [2.75, 3.05) is 10.6 Å². The summed E-state index contributed by atoms with van der Waals surface area (Å²) >= 11 is 3.35. The van der Waals surface area contributed by atoms with Gasteiger partial charge in [0.1, 0.15) is 5.75 Å². The third-order valence-electron chi connectivity index (χ3n) is 5.70. The second kappa shape index (κ2) is 14.3. The Morgan fingerprint density at radius 3 is 2.29 bits per heavy atom. The minimum Gasteiger partial charge on any atom is -0.423 e. The van der Waals surface area contributed by atoms with Gasteiger partial charge in [0.2, 0.25) is 0 Å². The van der Waals surface area contributed by atoms with Gasteiger partial charge in [-0.3, -0.25) is 14.4 Å². The highest BCUT2D eigenvalue weighted by Crippen LogP contribution is 2.22. The summed E-state index contributed by atoms with van der Waals surface area (Å²) in [5.41, 5.74) is 5.29. The summed E-state index contributed by atoms with van der Waals surface area (Å²) in [6.45, 7) is 1.93. The number of ether oxygens (including phenoxy) is 1. The molecule has 3 amide bonds. The van der Waals surface area contributed by atoms with Crippen molar-refractivity contribution < 1.29 is 23.9 Å². The molecular formula is C32H25BrN4O5. The van der Waals surface area contributed by atoms with Crippen LogP contribution in [0.1, 0.15) is 27.0 Å². The van der Waals surface area contributed by atoms with Gasteiger partial charge in [-0.15, -0.1) is 0 Å². The van der Waals surface area contributed by atoms with Crippen LogP contribution in [-0.2, 0) is 14.4 Å². The summed E-state index contributed by atoms with van der Waals surface area (Å²) in [6, 6.07) is 27.7. The molecule has 0 unspecified atom stereocenters. The topological polar surface area (TPSA) is 126 Å². The molecular weight excluding hydrogens is 600 g/mol. The first kappa shape index (κ1) is 29.6. The van der Waals surface area contributed by atoms with Gasteiger partial charge >= 0.3 is 17.8 Å². The number of benzene rings is 4. The normalized spacial score (nSPS) is 10.8. The Labute approximate surface area is 250 Å². The number of amides is 3. The summed E-state index contributed by atoms with van der Waals surface area (Å²) in [5, 5.41) is 9.03. The lowest BCUT2D eigenvalue weighted by Gasteiger charge is -2.11. The number of carbonyl (C=O) groups is 4. The van der Waals surface area contributed by atoms with E-state index in [1.807, 2.05) is 49.4 Å². The molecule has 0 bridgehead atoms. The fraction of sp³-hybridized carbons (Fsp3) is 0.0312. The molecule has 9 nitrogen and oxygen atoms in total. The number of hydrazone groups is 1. The molecule has 3 N–H and O–H groups in total. The molecule has 0 radical (unpaired) electrons. The number of hydrogen-bond acceptors (Lipinski definition) is 6. The molecule has 0 saturated carbocycles. The Morgan fingerprint density at radius 1 is 0.810 bits per heavy atom. The van der Waals surface area contributed by atoms with E-state index >= 15 is 0 Å². The third kappa shape index (κ3) is 8.57. The summed E-state index contributed by atoms with van der Waals surface area (Å²) in [7, 11) is 0. The first-order valence-corrected chi connectivity index (χ1v) is 13.4. The first-order valence-electron chi connectivity index (χ1n) is 12.6. The summed E-state index contributed by atoms with van der Waals surface area (Å²) < 4.78 is 6.10. The molecule has 4 aromatic rings. The first-order chi connectivity index (χ1) is 20.3. The van der Waals surface area contributed by atoms with Gasteiger partial charge in [0, 0.05) is 21.8 Å². The van der Waals surface area contributed by atoms with Gasteiger partial charge in [0.25, 0.3) is 5.91 Å². The third-order valence-corrected chi connectivity index (χ3v) is 6.19. The average Bonchev–Trinajstić information content (AvgIpc) is 2.99. The number of nitrogens with zero attached hydrogens (tertiary/aromatic N) is 1. The van der Waals surface area contributed by atoms with Crippen molar-refractivity contribution in [1.29, 1.82) is 0 Å². The van der Waals surface area contributed by atoms with Crippen LogP contribution in [0.3, 0.4) is 0 Å². The number of halogens is 1. The van der Waals surface area contributed by atoms with Crippen molar-refractivity contribution in [2.45, 2.75) is 6.92 Å². The maximum absolute atomic E-state index is 12.8. The predicted molar refractivity (Wildman–Crippen MR) is 165 cm³/mol. The lowest BCUT2D eigenvalue weighted by atomic mass is 10.1. The van der Waals surface area contributed by atoms with Crippen LogP contribution in [0, 0.1) is 6.92 Å². The molecule has 42 heavy (non-hydrogen) atoms. The van der Waals surface area contributed by atoms with E-state index in [2.05, 4.69) is 37.1 Å². The van der Waals surface area contributed by atoms with Gasteiger partial charge < -0.3 is 15.4 Å². The molecule has 0 aliphatic heterocycles. The Kier molecular flexibility index (Phi) is 10.1. The van der Waals surface area contributed by atoms with Crippen LogP contribution in [0.15, 0.2) is 113 Å². The van der Waals surface area contributed by atoms with Crippen LogP contribution >= 0.6 is 15.9 Å². The second-order valence-corrected chi connectivity index (χ2v) is 9.78. The summed E-state index contributed by atoms with van der Waals surface area (Å²) in [4.78, 5) is 50.2. The Balaban J connectivity index is 1.38. The van der Waals surface area contributed by atoms with Crippen LogP contribution in [-0.4, -0.2) is 29.9 Å². The minimum absolute atomic E-state index is 0.149. The number of rotatable bonds is 8. The molecule has 4 aromatic carbocycles. The van der Waals surface area contributed by atoms with E-state index in [9.17, 15) is 19.2 Å². The van der Waals surface area contributed by atoms with Gasteiger partial charge in [0.15, 0.2) is 0 Å². The lowest BCUT2D eigenvalue weighted by Crippen LogP contribution is -2.33. The monoisotopic (exact) mass is 624 g/mol. The molecule has 0 aromatic heterocycles. The second-order valence-electron chi connectivity index (χ2n) is 8.87. The molecule has 0 heterocycles. The van der Waals surface area contributed by atoms with E-state index in [1.165, 1.54) is 24.4 Å². The van der Waals surface area contributed by atoms with E-state index < -0.39 is 23.7 Å². The SMILES string of the molecule is Cc1ccc(NC(=O)c2ccccc2NC(=O)C(=O)NN=Cc2cc(Br)ccc2OC(=O)C=Cc2ccccc2)cc1. The molecule has 0 atom stereocenters. The summed E-state index contributed by atoms with van der Waals surface area (Å²) in [6.07, 6.45) is 4.16. The number of hydrogen-bond donors (Lipinski definition) is 3. The lowest BCUT2D eigenvalue weighted by molar-refractivity contribution is -0.136. The number of nitrogens with one attached hydrogen (secondary N) is 3. The Bertz CT molecular complexity index is 1670. The zero-order chi connectivity index (χ0) is 29.9. The fourth-order valence-electron chi connectivity index (χ4n) is 3.60. The smallest absolute Gasteiger partial charge is 0.336 e. The zero-order valence-electron chi connectivity index (χ0n) is 22.3. The average molecular weight is 625 g/mol. The maximum Gasteiger partial charge on any atom is 0.336 e. The fourth-order valence-corrected chi connectivity index (χ4v) is 3.98. The molecule has 0 saturated heterocycles. The Hall–Kier alpha value is -5.35. The number of anilines is 2. The number of aryl methyl sites for hydroxylation is 1. The van der Waals surface area contributed by atoms with Gasteiger partial charge in [0.05, 0.1) is 17.5 Å². The van der Waals surface area contributed by atoms with E-state index in [1.54, 1.807) is 48.5 Å². The van der Waals surface area contributed by atoms with E-state index in [0.717, 1.165) is 11.1 Å². The van der Waals surface area contributed by atoms with E-state index in [4.69, 9.17) is 4.74 Å². The van der Waals surface area contributed by atoms with Crippen LogP contribution < -0.4 is 20.8 Å². The van der Waals surface area contributed by atoms with E-state index in [0.29, 0.717) is 15.7 Å². The molecule has 0 aliphatic carbocycles. The molecule has 210 valence electrons. The van der Waals surface area contributed by atoms with Crippen molar-refractivity contribution in [3.05, 3.63) is 130 Å². The van der Waals surface area contributed by atoms with E-state index in [-0.39, 0.29) is 17.0 Å². The number of carbonyl (C=O) groups excluding carboxylic acids is 4. The highest BCUT2D eigenvalue weighted by molar-refractivity contribution is 9.10. The highest BCUT2D eigenvalue weighted by atomic mass is 79.9. The minimum atomic E-state index is -1.07. The largest absolute Gasteiger partial charge is 0.423 e. The highest BCUT2D eigenvalue weighted by Gasteiger charge is 2.18. The molecule has 0 aliphatic rings. The maximum atomic E-state index is 12.8. The van der Waals surface area contributed by atoms with Crippen molar-refractivity contribution in [2.24, 2.45) is 5.10 Å². The molecule has 4 rings (SSSR count). The summed E-state index contributed by atoms with van der Waals surface area (Å²) in [5.74, 6) is -2.97. The number of para-hydroxylation sites is 1. The van der Waals surface area contributed by atoms with Gasteiger partial charge in [-0.05, 0) is 61.0 Å². The van der Waals surface area contributed by atoms with Crippen LogP contribution in [0.4, 0.5) is 11.4 Å². The van der Waals surface area contributed by atoms with Crippen molar-refractivity contribution in [1.82, 2.24) is 5.43 Å². The molecule has 0 spiro atoms. The Morgan fingerprint density at radius 2 is 1.52 bits per heavy atom. The van der Waals surface area contributed by atoms with Crippen LogP contribution in [0.25, 0.3) is 6.08 Å². The van der Waals surface area contributed by atoms with Crippen LogP contribution in [0.5, 0.6) is 5.75 Å². The quantitative estimate of drug-likeness (QED) is 0.0577. The van der Waals surface area contributed by atoms with Crippen molar-refractivity contribution in [3.8, 4) is 5.75 Å².